The summed E-state index contributed by atoms with van der Waals surface area (Å²) in [7, 11) is 0. The highest BCUT2D eigenvalue weighted by Crippen LogP contribution is 2.24. The number of rotatable bonds is 5. The maximum Gasteiger partial charge on any atom is 0.340 e. The van der Waals surface area contributed by atoms with Gasteiger partial charge in [0, 0.05) is 5.39 Å². The van der Waals surface area contributed by atoms with E-state index in [2.05, 4.69) is 10.3 Å². The molecule has 0 saturated carbocycles. The minimum Gasteiger partial charge on any atom is -0.452 e. The van der Waals surface area contributed by atoms with Crippen molar-refractivity contribution < 1.29 is 14.3 Å². The van der Waals surface area contributed by atoms with Gasteiger partial charge in [0.1, 0.15) is 6.07 Å². The van der Waals surface area contributed by atoms with Crippen molar-refractivity contribution >= 4 is 28.5 Å². The number of pyridine rings is 1. The van der Waals surface area contributed by atoms with Gasteiger partial charge in [-0.15, -0.1) is 0 Å². The van der Waals surface area contributed by atoms with Crippen molar-refractivity contribution in [3.63, 3.8) is 0 Å². The monoisotopic (exact) mass is 373 g/mol. The Morgan fingerprint density at radius 2 is 1.86 bits per heavy atom. The molecule has 0 spiro atoms. The van der Waals surface area contributed by atoms with Crippen molar-refractivity contribution in [2.75, 3.05) is 11.9 Å². The van der Waals surface area contributed by atoms with E-state index in [1.165, 1.54) is 0 Å². The van der Waals surface area contributed by atoms with E-state index < -0.39 is 18.5 Å². The quantitative estimate of drug-likeness (QED) is 0.687. The molecule has 0 aliphatic rings. The molecule has 0 saturated heterocycles. The van der Waals surface area contributed by atoms with Gasteiger partial charge in [-0.3, -0.25) is 9.78 Å². The number of ether oxygens (including phenoxy) is 1. The smallest absolute Gasteiger partial charge is 0.340 e. The number of para-hydroxylation sites is 2. The Morgan fingerprint density at radius 3 is 2.61 bits per heavy atom. The zero-order chi connectivity index (χ0) is 20.1. The van der Waals surface area contributed by atoms with Crippen LogP contribution in [0.15, 0.2) is 48.5 Å². The van der Waals surface area contributed by atoms with E-state index in [1.807, 2.05) is 44.2 Å². The number of carbonyl (C=O) groups excluding carboxylic acids is 2. The number of nitriles is 1. The van der Waals surface area contributed by atoms with Crippen LogP contribution in [0.4, 0.5) is 5.69 Å². The summed E-state index contributed by atoms with van der Waals surface area (Å²) >= 11 is 0. The molecule has 3 aromatic rings. The first-order chi connectivity index (χ1) is 13.5. The zero-order valence-corrected chi connectivity index (χ0v) is 15.7. The summed E-state index contributed by atoms with van der Waals surface area (Å²) < 4.78 is 5.23. The predicted molar refractivity (Wildman–Crippen MR) is 106 cm³/mol. The van der Waals surface area contributed by atoms with Gasteiger partial charge in [0.2, 0.25) is 0 Å². The Bertz CT molecular complexity index is 1100. The standard InChI is InChI=1S/C22H19N3O3/c1-3-17-21(14(2)16-9-5-7-11-19(16)24-17)22(27)28-13-20(26)25-18-10-6-4-8-15(18)12-23/h4-11H,3,13H2,1-2H3,(H,25,26). The van der Waals surface area contributed by atoms with Crippen molar-refractivity contribution in [1.29, 1.82) is 5.26 Å². The minimum absolute atomic E-state index is 0.338. The number of hydrogen-bond donors (Lipinski definition) is 1. The molecule has 2 aromatic carbocycles. The van der Waals surface area contributed by atoms with Crippen LogP contribution in [0.25, 0.3) is 10.9 Å². The van der Waals surface area contributed by atoms with E-state index in [-0.39, 0.29) is 0 Å². The van der Waals surface area contributed by atoms with Crippen molar-refractivity contribution in [2.45, 2.75) is 20.3 Å². The van der Waals surface area contributed by atoms with Crippen LogP contribution in [0.2, 0.25) is 0 Å². The summed E-state index contributed by atoms with van der Waals surface area (Å²) in [5.74, 6) is -1.10. The van der Waals surface area contributed by atoms with Crippen molar-refractivity contribution in [3.05, 3.63) is 70.9 Å². The van der Waals surface area contributed by atoms with E-state index in [1.54, 1.807) is 24.3 Å². The highest BCUT2D eigenvalue weighted by molar-refractivity contribution is 6.00. The second-order valence-electron chi connectivity index (χ2n) is 6.21. The lowest BCUT2D eigenvalue weighted by Gasteiger charge is -2.13. The Balaban J connectivity index is 1.77. The second kappa shape index (κ2) is 8.31. The Kier molecular flexibility index (Phi) is 5.66. The average Bonchev–Trinajstić information content (AvgIpc) is 2.72. The number of esters is 1. The number of nitrogens with one attached hydrogen (secondary N) is 1. The molecule has 0 radical (unpaired) electrons. The molecule has 1 aromatic heterocycles. The summed E-state index contributed by atoms with van der Waals surface area (Å²) in [6.45, 7) is 3.32. The molecule has 0 aliphatic heterocycles. The lowest BCUT2D eigenvalue weighted by atomic mass is 10.0. The molecule has 6 nitrogen and oxygen atoms in total. The van der Waals surface area contributed by atoms with Gasteiger partial charge >= 0.3 is 5.97 Å². The molecule has 0 fully saturated rings. The first-order valence-corrected chi connectivity index (χ1v) is 8.89. The highest BCUT2D eigenvalue weighted by atomic mass is 16.5. The van der Waals surface area contributed by atoms with Crippen LogP contribution in [-0.4, -0.2) is 23.5 Å². The van der Waals surface area contributed by atoms with Crippen LogP contribution in [0.5, 0.6) is 0 Å². The van der Waals surface area contributed by atoms with Crippen LogP contribution < -0.4 is 5.32 Å². The van der Waals surface area contributed by atoms with Gasteiger partial charge in [-0.05, 0) is 37.1 Å². The summed E-state index contributed by atoms with van der Waals surface area (Å²) in [6, 6.07) is 16.2. The number of benzene rings is 2. The Hall–Kier alpha value is -3.72. The lowest BCUT2D eigenvalue weighted by Crippen LogP contribution is -2.22. The largest absolute Gasteiger partial charge is 0.452 e. The van der Waals surface area contributed by atoms with Gasteiger partial charge < -0.3 is 10.1 Å². The SMILES string of the molecule is CCc1nc2ccccc2c(C)c1C(=O)OCC(=O)Nc1ccccc1C#N. The summed E-state index contributed by atoms with van der Waals surface area (Å²) in [4.78, 5) is 29.4. The topological polar surface area (TPSA) is 92.1 Å². The van der Waals surface area contributed by atoms with Gasteiger partial charge in [-0.2, -0.15) is 5.26 Å². The van der Waals surface area contributed by atoms with E-state index in [0.717, 1.165) is 16.5 Å². The van der Waals surface area contributed by atoms with Gasteiger partial charge in [-0.1, -0.05) is 37.3 Å². The first-order valence-electron chi connectivity index (χ1n) is 8.89. The molecule has 28 heavy (non-hydrogen) atoms. The molecular weight excluding hydrogens is 354 g/mol. The lowest BCUT2D eigenvalue weighted by molar-refractivity contribution is -0.119. The summed E-state index contributed by atoms with van der Waals surface area (Å²) in [5.41, 5.74) is 3.35. The summed E-state index contributed by atoms with van der Waals surface area (Å²) in [5, 5.41) is 12.5. The number of fused-ring (bicyclic) bond motifs is 1. The maximum atomic E-state index is 12.7. The van der Waals surface area contributed by atoms with Crippen LogP contribution in [-0.2, 0) is 16.0 Å². The molecular formula is C22H19N3O3. The minimum atomic E-state index is -0.587. The van der Waals surface area contributed by atoms with Gasteiger partial charge in [-0.25, -0.2) is 4.79 Å². The predicted octanol–water partition coefficient (Wildman–Crippen LogP) is 3.77. The fourth-order valence-electron chi connectivity index (χ4n) is 3.05. The Labute approximate surface area is 162 Å². The van der Waals surface area contributed by atoms with Crippen LogP contribution >= 0.6 is 0 Å². The van der Waals surface area contributed by atoms with E-state index in [0.29, 0.717) is 28.9 Å². The molecule has 140 valence electrons. The molecule has 0 atom stereocenters. The second-order valence-corrected chi connectivity index (χ2v) is 6.21. The number of anilines is 1. The van der Waals surface area contributed by atoms with Gasteiger partial charge in [0.05, 0.1) is 28.0 Å². The van der Waals surface area contributed by atoms with Crippen LogP contribution in [0, 0.1) is 18.3 Å². The number of carbonyl (C=O) groups is 2. The van der Waals surface area contributed by atoms with Gasteiger partial charge in [0.15, 0.2) is 6.61 Å². The molecule has 1 amide bonds. The van der Waals surface area contributed by atoms with E-state index in [4.69, 9.17) is 10.00 Å². The third-order valence-corrected chi connectivity index (χ3v) is 4.42. The fourth-order valence-corrected chi connectivity index (χ4v) is 3.05. The van der Waals surface area contributed by atoms with Crippen molar-refractivity contribution in [2.24, 2.45) is 0 Å². The zero-order valence-electron chi connectivity index (χ0n) is 15.7. The highest BCUT2D eigenvalue weighted by Gasteiger charge is 2.20. The first kappa shape index (κ1) is 19.1. The fraction of sp³-hybridized carbons (Fsp3) is 0.182. The molecule has 0 bridgehead atoms. The van der Waals surface area contributed by atoms with Crippen molar-refractivity contribution in [3.8, 4) is 6.07 Å². The number of aromatic nitrogens is 1. The third kappa shape index (κ3) is 3.84. The number of aryl methyl sites for hydroxylation is 2. The third-order valence-electron chi connectivity index (χ3n) is 4.42. The molecule has 3 rings (SSSR count). The normalized spacial score (nSPS) is 10.3. The number of hydrogen-bond acceptors (Lipinski definition) is 5. The molecule has 1 heterocycles. The van der Waals surface area contributed by atoms with Crippen LogP contribution in [0.3, 0.4) is 0 Å². The van der Waals surface area contributed by atoms with Crippen molar-refractivity contribution in [1.82, 2.24) is 4.98 Å². The molecule has 0 aliphatic carbocycles. The van der Waals surface area contributed by atoms with E-state index in [9.17, 15) is 9.59 Å². The molecule has 1 N–H and O–H groups in total. The van der Waals surface area contributed by atoms with Gasteiger partial charge in [0.25, 0.3) is 5.91 Å². The molecule has 0 unspecified atom stereocenters. The van der Waals surface area contributed by atoms with Crippen LogP contribution in [0.1, 0.15) is 34.1 Å². The van der Waals surface area contributed by atoms with E-state index >= 15 is 0 Å². The maximum absolute atomic E-state index is 12.7. The number of nitrogens with zero attached hydrogens (tertiary/aromatic N) is 2. The Morgan fingerprint density at radius 1 is 1.14 bits per heavy atom. The average molecular weight is 373 g/mol. The molecule has 6 heteroatoms. The number of amides is 1. The summed E-state index contributed by atoms with van der Waals surface area (Å²) in [6.07, 6.45) is 0.567.